The minimum absolute atomic E-state index is 0.129. The SMILES string of the molecule is Fc1cc(F)[c]([Al]([c]2cc(F)cc(F)c2F)[c]2cc(F)cc(F)c2F)c(F)c1. The predicted molar refractivity (Wildman–Crippen MR) is 83.6 cm³/mol. The van der Waals surface area contributed by atoms with Crippen molar-refractivity contribution in [1.29, 1.82) is 0 Å². The zero-order valence-corrected chi connectivity index (χ0v) is 14.6. The van der Waals surface area contributed by atoms with Gasteiger partial charge in [-0.25, -0.2) is 39.5 Å². The van der Waals surface area contributed by atoms with Gasteiger partial charge < -0.3 is 0 Å². The van der Waals surface area contributed by atoms with Crippen molar-refractivity contribution in [3.8, 4) is 0 Å². The standard InChI is InChI=1S/3C6H2F3.Al/c7-4-1-5(8)3-6(9)2-4;2*7-4-1-2-5(8)6(9)3-4;/h1-2H;2*1,3H;. The lowest BCUT2D eigenvalue weighted by molar-refractivity contribution is 0.498. The smallest absolute Gasteiger partial charge is 0.208 e. The quantitative estimate of drug-likeness (QED) is 0.346. The first-order valence-corrected chi connectivity index (χ1v) is 9.26. The third-order valence-corrected chi connectivity index (χ3v) is 7.21. The second-order valence-electron chi connectivity index (χ2n) is 5.80. The highest BCUT2D eigenvalue weighted by Gasteiger charge is 2.38. The fourth-order valence-corrected chi connectivity index (χ4v) is 5.99. The molecule has 10 heteroatoms. The topological polar surface area (TPSA) is 0 Å². The lowest BCUT2D eigenvalue weighted by atomic mass is 10.3. The van der Waals surface area contributed by atoms with Crippen LogP contribution in [0.1, 0.15) is 0 Å². The summed E-state index contributed by atoms with van der Waals surface area (Å²) in [5, 5.41) is 0. The Labute approximate surface area is 156 Å². The molecule has 0 aliphatic heterocycles. The number of halogens is 9. The van der Waals surface area contributed by atoms with Crippen LogP contribution < -0.4 is 13.3 Å². The lowest BCUT2D eigenvalue weighted by Crippen LogP contribution is -2.57. The molecule has 0 atom stereocenters. The molecule has 0 N–H and O–H groups in total. The zero-order valence-electron chi connectivity index (χ0n) is 13.4. The molecule has 0 nitrogen and oxygen atoms in total. The largest absolute Gasteiger partial charge is 0.403 e. The summed E-state index contributed by atoms with van der Waals surface area (Å²) in [4.78, 5) is 0. The van der Waals surface area contributed by atoms with E-state index < -0.39 is 79.8 Å². The first-order chi connectivity index (χ1) is 13.1. The molecule has 3 rings (SSSR count). The van der Waals surface area contributed by atoms with Crippen molar-refractivity contribution in [2.75, 3.05) is 0 Å². The van der Waals surface area contributed by atoms with Crippen molar-refractivity contribution in [1.82, 2.24) is 0 Å². The van der Waals surface area contributed by atoms with Crippen LogP contribution in [-0.4, -0.2) is 14.1 Å². The minimum Gasteiger partial charge on any atom is -0.208 e. The Bertz CT molecular complexity index is 1000. The fraction of sp³-hybridized carbons (Fsp3) is 0. The van der Waals surface area contributed by atoms with E-state index in [0.717, 1.165) is 0 Å². The van der Waals surface area contributed by atoms with Gasteiger partial charge in [-0.1, -0.05) is 8.85 Å². The average Bonchev–Trinajstić information content (AvgIpc) is 2.58. The van der Waals surface area contributed by atoms with Crippen molar-refractivity contribution in [3.63, 3.8) is 0 Å². The van der Waals surface area contributed by atoms with E-state index in [1.54, 1.807) is 0 Å². The molecule has 0 aromatic heterocycles. The average molecular weight is 420 g/mol. The monoisotopic (exact) mass is 420 g/mol. The Morgan fingerprint density at radius 3 is 1.14 bits per heavy atom. The zero-order chi connectivity index (χ0) is 20.7. The van der Waals surface area contributed by atoms with Gasteiger partial charge in [0, 0.05) is 24.3 Å². The summed E-state index contributed by atoms with van der Waals surface area (Å²) in [6.07, 6.45) is 0. The highest BCUT2D eigenvalue weighted by molar-refractivity contribution is 6.95. The van der Waals surface area contributed by atoms with E-state index in [9.17, 15) is 39.5 Å². The van der Waals surface area contributed by atoms with Gasteiger partial charge in [0.15, 0.2) is 11.6 Å². The van der Waals surface area contributed by atoms with Crippen molar-refractivity contribution in [2.45, 2.75) is 0 Å². The van der Waals surface area contributed by atoms with Crippen LogP contribution in [0.3, 0.4) is 0 Å². The van der Waals surface area contributed by atoms with Gasteiger partial charge in [-0.2, -0.15) is 0 Å². The van der Waals surface area contributed by atoms with Crippen LogP contribution in [0, 0.1) is 52.4 Å². The van der Waals surface area contributed by atoms with Gasteiger partial charge >= 0.3 is 14.1 Å². The third kappa shape index (κ3) is 3.62. The molecule has 0 bridgehead atoms. The van der Waals surface area contributed by atoms with Crippen LogP contribution in [0.15, 0.2) is 36.4 Å². The van der Waals surface area contributed by atoms with Crippen molar-refractivity contribution >= 4 is 27.4 Å². The maximum atomic E-state index is 14.3. The lowest BCUT2D eigenvalue weighted by Gasteiger charge is -2.18. The van der Waals surface area contributed by atoms with Gasteiger partial charge in [-0.3, -0.25) is 0 Å². The third-order valence-electron chi connectivity index (χ3n) is 4.00. The molecule has 3 aromatic rings. The number of rotatable bonds is 3. The van der Waals surface area contributed by atoms with Crippen molar-refractivity contribution in [3.05, 3.63) is 88.8 Å². The molecule has 0 fully saturated rings. The van der Waals surface area contributed by atoms with Gasteiger partial charge in [0.05, 0.1) is 0 Å². The van der Waals surface area contributed by atoms with E-state index in [1.165, 1.54) is 0 Å². The molecule has 144 valence electrons. The summed E-state index contributed by atoms with van der Waals surface area (Å²) in [5.74, 6) is -14.4. The Morgan fingerprint density at radius 1 is 0.429 bits per heavy atom. The van der Waals surface area contributed by atoms with Crippen molar-refractivity contribution in [2.24, 2.45) is 0 Å². The number of hydrogen-bond acceptors (Lipinski definition) is 0. The fourth-order valence-electron chi connectivity index (χ4n) is 2.88. The first kappa shape index (κ1) is 20.3. The highest BCUT2D eigenvalue weighted by Crippen LogP contribution is 2.14. The van der Waals surface area contributed by atoms with E-state index >= 15 is 0 Å². The van der Waals surface area contributed by atoms with E-state index in [-0.39, 0.29) is 24.3 Å². The Hall–Kier alpha value is -2.44. The molecule has 0 aliphatic rings. The van der Waals surface area contributed by atoms with Crippen LogP contribution in [0.5, 0.6) is 0 Å². The summed E-state index contributed by atoms with van der Waals surface area (Å²) in [5.41, 5.74) is 0. The van der Waals surface area contributed by atoms with Gasteiger partial charge in [0.2, 0.25) is 0 Å². The highest BCUT2D eigenvalue weighted by atomic mass is 27.2. The predicted octanol–water partition coefficient (Wildman–Crippen LogP) is 3.45. The Morgan fingerprint density at radius 2 is 0.750 bits per heavy atom. The summed E-state index contributed by atoms with van der Waals surface area (Å²) in [7, 11) is 0. The molecule has 28 heavy (non-hydrogen) atoms. The normalized spacial score (nSPS) is 11.0. The Balaban J connectivity index is 2.44. The van der Waals surface area contributed by atoms with Gasteiger partial charge in [0.25, 0.3) is 0 Å². The summed E-state index contributed by atoms with van der Waals surface area (Å²) in [6.45, 7) is 0. The number of benzene rings is 3. The molecule has 0 spiro atoms. The minimum atomic E-state index is -4.23. The van der Waals surface area contributed by atoms with E-state index in [2.05, 4.69) is 0 Å². The van der Waals surface area contributed by atoms with Gasteiger partial charge in [0.1, 0.15) is 40.7 Å². The number of hydrogen-bond donors (Lipinski definition) is 0. The molecule has 0 heterocycles. The molecule has 0 unspecified atom stereocenters. The molecule has 0 saturated carbocycles. The van der Waals surface area contributed by atoms with E-state index in [0.29, 0.717) is 12.1 Å². The van der Waals surface area contributed by atoms with Crippen molar-refractivity contribution < 1.29 is 39.5 Å². The molecular formula is C18H6AlF9. The summed E-state index contributed by atoms with van der Waals surface area (Å²) >= 11 is -4.23. The summed E-state index contributed by atoms with van der Waals surface area (Å²) in [6, 6.07) is 1.31. The molecule has 0 saturated heterocycles. The van der Waals surface area contributed by atoms with Gasteiger partial charge in [-0.15, -0.1) is 0 Å². The Kier molecular flexibility index (Phi) is 5.46. The molecule has 0 radical (unpaired) electrons. The van der Waals surface area contributed by atoms with E-state index in [4.69, 9.17) is 0 Å². The van der Waals surface area contributed by atoms with Crippen LogP contribution in [-0.2, 0) is 0 Å². The second kappa shape index (κ2) is 7.53. The molecular weight excluding hydrogens is 414 g/mol. The summed E-state index contributed by atoms with van der Waals surface area (Å²) < 4.78 is 122. The van der Waals surface area contributed by atoms with Gasteiger partial charge in [-0.05, 0) is 16.6 Å². The van der Waals surface area contributed by atoms with Crippen LogP contribution in [0.25, 0.3) is 0 Å². The first-order valence-electron chi connectivity index (χ1n) is 7.53. The molecule has 0 aliphatic carbocycles. The maximum absolute atomic E-state index is 14.3. The van der Waals surface area contributed by atoms with Crippen LogP contribution >= 0.6 is 0 Å². The van der Waals surface area contributed by atoms with Crippen LogP contribution in [0.4, 0.5) is 39.5 Å². The van der Waals surface area contributed by atoms with E-state index in [1.807, 2.05) is 0 Å². The second-order valence-corrected chi connectivity index (χ2v) is 8.49. The van der Waals surface area contributed by atoms with Crippen LogP contribution in [0.2, 0.25) is 0 Å². The molecule has 0 amide bonds. The molecule has 3 aromatic carbocycles. The maximum Gasteiger partial charge on any atom is 0.403 e.